The second-order valence-electron chi connectivity index (χ2n) is 7.54. The first-order valence-electron chi connectivity index (χ1n) is 10.1. The summed E-state index contributed by atoms with van der Waals surface area (Å²) in [5, 5.41) is 4.27. The number of benzene rings is 2. The fourth-order valence-corrected chi connectivity index (χ4v) is 4.77. The van der Waals surface area contributed by atoms with Crippen molar-refractivity contribution in [2.24, 2.45) is 0 Å². The van der Waals surface area contributed by atoms with Gasteiger partial charge >= 0.3 is 0 Å². The lowest BCUT2D eigenvalue weighted by atomic mass is 10.1. The largest absolute Gasteiger partial charge is 0.331 e. The van der Waals surface area contributed by atoms with Crippen molar-refractivity contribution in [3.05, 3.63) is 81.3 Å². The van der Waals surface area contributed by atoms with Crippen LogP contribution in [0.2, 0.25) is 5.02 Å². The summed E-state index contributed by atoms with van der Waals surface area (Å²) in [4.78, 5) is 19.6. The maximum atomic E-state index is 12.6. The lowest BCUT2D eigenvalue weighted by Crippen LogP contribution is -3.11. The van der Waals surface area contributed by atoms with Crippen molar-refractivity contribution in [2.45, 2.75) is 32.2 Å². The molecule has 150 valence electrons. The molecule has 0 aliphatic carbocycles. The molecule has 3 aromatic rings. The van der Waals surface area contributed by atoms with Crippen LogP contribution in [0.3, 0.4) is 0 Å². The van der Waals surface area contributed by atoms with Crippen molar-refractivity contribution in [3.63, 3.8) is 0 Å². The molecule has 4 nitrogen and oxygen atoms in total. The van der Waals surface area contributed by atoms with Gasteiger partial charge in [-0.15, -0.1) is 11.3 Å². The Hall–Kier alpha value is -2.21. The Balaban J connectivity index is 1.34. The summed E-state index contributed by atoms with van der Waals surface area (Å²) in [5.41, 5.74) is 3.00. The summed E-state index contributed by atoms with van der Waals surface area (Å²) in [6.07, 6.45) is 6.51. The van der Waals surface area contributed by atoms with Gasteiger partial charge in [0.25, 0.3) is 5.91 Å². The lowest BCUT2D eigenvalue weighted by molar-refractivity contribution is -0.918. The highest BCUT2D eigenvalue weighted by molar-refractivity contribution is 7.15. The maximum absolute atomic E-state index is 12.6. The number of rotatable bonds is 6. The number of hydrogen-bond donors (Lipinski definition) is 2. The van der Waals surface area contributed by atoms with E-state index in [1.54, 1.807) is 11.1 Å². The van der Waals surface area contributed by atoms with Gasteiger partial charge in [-0.2, -0.15) is 0 Å². The Morgan fingerprint density at radius 3 is 2.59 bits per heavy atom. The number of quaternary nitrogens is 1. The summed E-state index contributed by atoms with van der Waals surface area (Å²) in [5.74, 6) is -0.125. The molecule has 1 fully saturated rings. The molecule has 1 aliphatic rings. The molecule has 1 aromatic heterocycles. The van der Waals surface area contributed by atoms with Gasteiger partial charge in [0.15, 0.2) is 5.13 Å². The Kier molecular flexibility index (Phi) is 6.60. The van der Waals surface area contributed by atoms with Gasteiger partial charge in [-0.05, 0) is 43.0 Å². The van der Waals surface area contributed by atoms with Gasteiger partial charge in [0.05, 0.1) is 13.1 Å². The summed E-state index contributed by atoms with van der Waals surface area (Å²) in [7, 11) is 0. The van der Waals surface area contributed by atoms with E-state index in [-0.39, 0.29) is 5.91 Å². The molecule has 4 rings (SSSR count). The third-order valence-electron chi connectivity index (χ3n) is 5.33. The number of nitrogens with zero attached hydrogens (tertiary/aromatic N) is 1. The maximum Gasteiger partial charge on any atom is 0.257 e. The van der Waals surface area contributed by atoms with Gasteiger partial charge in [-0.25, -0.2) is 4.98 Å². The number of anilines is 1. The molecule has 0 saturated carbocycles. The van der Waals surface area contributed by atoms with Crippen molar-refractivity contribution in [1.82, 2.24) is 4.98 Å². The molecule has 6 heteroatoms. The summed E-state index contributed by atoms with van der Waals surface area (Å²) < 4.78 is 0. The molecule has 0 atom stereocenters. The van der Waals surface area contributed by atoms with Crippen LogP contribution in [0.25, 0.3) is 0 Å². The molecule has 0 spiro atoms. The Labute approximate surface area is 180 Å². The van der Waals surface area contributed by atoms with E-state index in [4.69, 9.17) is 11.6 Å². The Morgan fingerprint density at radius 2 is 1.83 bits per heavy atom. The van der Waals surface area contributed by atoms with E-state index in [1.807, 2.05) is 36.4 Å². The van der Waals surface area contributed by atoms with E-state index in [9.17, 15) is 4.79 Å². The molecular weight excluding hydrogens is 402 g/mol. The average molecular weight is 427 g/mol. The third kappa shape index (κ3) is 5.44. The minimum Gasteiger partial charge on any atom is -0.331 e. The molecule has 1 saturated heterocycles. The van der Waals surface area contributed by atoms with Crippen LogP contribution in [-0.4, -0.2) is 24.0 Å². The number of likely N-dealkylation sites (tertiary alicyclic amines) is 1. The van der Waals surface area contributed by atoms with Crippen LogP contribution in [0.1, 0.15) is 45.6 Å². The second kappa shape index (κ2) is 9.53. The average Bonchev–Trinajstić information content (AvgIpc) is 3.18. The summed E-state index contributed by atoms with van der Waals surface area (Å²) in [6.45, 7) is 3.55. The minimum absolute atomic E-state index is 0.125. The van der Waals surface area contributed by atoms with E-state index >= 15 is 0 Å². The van der Waals surface area contributed by atoms with Crippen LogP contribution in [0.15, 0.2) is 54.7 Å². The number of carbonyl (C=O) groups is 1. The zero-order valence-electron chi connectivity index (χ0n) is 16.3. The quantitative estimate of drug-likeness (QED) is 0.620. The SMILES string of the molecule is O=C(Nc1ncc(Cc2ccccc2Cl)s1)c1ccc(C[NH+]2CCCCC2)cc1. The predicted octanol–water partition coefficient (Wildman–Crippen LogP) is 4.21. The molecule has 0 radical (unpaired) electrons. The number of aromatic nitrogens is 1. The van der Waals surface area contributed by atoms with Gasteiger partial charge in [0, 0.05) is 33.6 Å². The first-order valence-corrected chi connectivity index (χ1v) is 11.3. The van der Waals surface area contributed by atoms with Crippen LogP contribution in [0.5, 0.6) is 0 Å². The Bertz CT molecular complexity index is 964. The van der Waals surface area contributed by atoms with E-state index in [1.165, 1.54) is 49.3 Å². The van der Waals surface area contributed by atoms with Gasteiger partial charge in [-0.1, -0.05) is 41.9 Å². The highest BCUT2D eigenvalue weighted by Gasteiger charge is 2.15. The third-order valence-corrected chi connectivity index (χ3v) is 6.61. The zero-order valence-corrected chi connectivity index (χ0v) is 17.9. The first-order chi connectivity index (χ1) is 14.2. The van der Waals surface area contributed by atoms with Crippen molar-refractivity contribution >= 4 is 34.0 Å². The lowest BCUT2D eigenvalue weighted by Gasteiger charge is -2.23. The highest BCUT2D eigenvalue weighted by Crippen LogP contribution is 2.25. The zero-order chi connectivity index (χ0) is 20.1. The van der Waals surface area contributed by atoms with Crippen molar-refractivity contribution in [1.29, 1.82) is 0 Å². The Morgan fingerprint density at radius 1 is 1.07 bits per heavy atom. The number of hydrogen-bond acceptors (Lipinski definition) is 3. The highest BCUT2D eigenvalue weighted by atomic mass is 35.5. The fourth-order valence-electron chi connectivity index (χ4n) is 3.74. The molecule has 1 amide bonds. The first kappa shape index (κ1) is 20.1. The van der Waals surface area contributed by atoms with Crippen molar-refractivity contribution < 1.29 is 9.69 Å². The number of carbonyl (C=O) groups excluding carboxylic acids is 1. The molecule has 2 N–H and O–H groups in total. The van der Waals surface area contributed by atoms with Crippen molar-refractivity contribution in [2.75, 3.05) is 18.4 Å². The monoisotopic (exact) mass is 426 g/mol. The van der Waals surface area contributed by atoms with E-state index in [2.05, 4.69) is 22.4 Å². The van der Waals surface area contributed by atoms with Crippen LogP contribution in [0, 0.1) is 0 Å². The molecule has 0 bridgehead atoms. The number of piperidine rings is 1. The number of nitrogens with one attached hydrogen (secondary N) is 2. The summed E-state index contributed by atoms with van der Waals surface area (Å²) in [6, 6.07) is 15.7. The molecule has 1 aliphatic heterocycles. The second-order valence-corrected chi connectivity index (χ2v) is 9.06. The van der Waals surface area contributed by atoms with Gasteiger partial charge in [0.2, 0.25) is 0 Å². The fraction of sp³-hybridized carbons (Fsp3) is 0.304. The van der Waals surface area contributed by atoms with E-state index in [0.717, 1.165) is 22.0 Å². The van der Waals surface area contributed by atoms with Crippen molar-refractivity contribution in [3.8, 4) is 0 Å². The topological polar surface area (TPSA) is 46.4 Å². The van der Waals surface area contributed by atoms with E-state index < -0.39 is 0 Å². The number of halogens is 1. The summed E-state index contributed by atoms with van der Waals surface area (Å²) >= 11 is 7.71. The van der Waals surface area contributed by atoms with Gasteiger partial charge in [-0.3, -0.25) is 10.1 Å². The molecular formula is C23H25ClN3OS+. The standard InChI is InChI=1S/C23H24ClN3OS/c24-21-7-3-2-6-19(21)14-20-15-25-23(29-20)26-22(28)18-10-8-17(9-11-18)16-27-12-4-1-5-13-27/h2-3,6-11,15H,1,4-5,12-14,16H2,(H,25,26,28)/p+1. The number of amides is 1. The minimum atomic E-state index is -0.125. The van der Waals surface area contributed by atoms with Crippen LogP contribution in [-0.2, 0) is 13.0 Å². The van der Waals surface area contributed by atoms with E-state index in [0.29, 0.717) is 17.1 Å². The van der Waals surface area contributed by atoms with Gasteiger partial charge in [0.1, 0.15) is 6.54 Å². The van der Waals surface area contributed by atoms with Crippen LogP contribution < -0.4 is 10.2 Å². The normalized spacial score (nSPS) is 14.7. The number of thiazole rings is 1. The van der Waals surface area contributed by atoms with Crippen LogP contribution >= 0.6 is 22.9 Å². The predicted molar refractivity (Wildman–Crippen MR) is 119 cm³/mol. The smallest absolute Gasteiger partial charge is 0.257 e. The molecule has 0 unspecified atom stereocenters. The van der Waals surface area contributed by atoms with Crippen LogP contribution in [0.4, 0.5) is 5.13 Å². The molecule has 2 aromatic carbocycles. The molecule has 29 heavy (non-hydrogen) atoms. The van der Waals surface area contributed by atoms with Gasteiger partial charge < -0.3 is 4.90 Å². The molecule has 2 heterocycles.